The Hall–Kier alpha value is -1.26. The zero-order valence-corrected chi connectivity index (χ0v) is 11.7. The molecular formula is C14H19ClN2O2. The van der Waals surface area contributed by atoms with Gasteiger partial charge in [-0.15, -0.1) is 12.4 Å². The van der Waals surface area contributed by atoms with Crippen molar-refractivity contribution in [1.29, 1.82) is 0 Å². The average Bonchev–Trinajstić information content (AvgIpc) is 2.83. The van der Waals surface area contributed by atoms with E-state index in [0.717, 1.165) is 24.4 Å². The summed E-state index contributed by atoms with van der Waals surface area (Å²) in [4.78, 5) is 11.9. The second kappa shape index (κ2) is 5.80. The summed E-state index contributed by atoms with van der Waals surface area (Å²) in [6.45, 7) is 2.11. The highest BCUT2D eigenvalue weighted by Gasteiger charge is 2.53. The van der Waals surface area contributed by atoms with Gasteiger partial charge in [-0.3, -0.25) is 4.79 Å². The third-order valence-corrected chi connectivity index (χ3v) is 3.94. The first-order valence-electron chi connectivity index (χ1n) is 6.41. The third-order valence-electron chi connectivity index (χ3n) is 3.94. The van der Waals surface area contributed by atoms with Gasteiger partial charge in [0.05, 0.1) is 13.5 Å². The lowest BCUT2D eigenvalue weighted by atomic mass is 10.1. The van der Waals surface area contributed by atoms with Crippen LogP contribution in [0.4, 0.5) is 0 Å². The second-order valence-electron chi connectivity index (χ2n) is 5.10. The molecule has 104 valence electrons. The van der Waals surface area contributed by atoms with Crippen LogP contribution in [-0.4, -0.2) is 32.1 Å². The quantitative estimate of drug-likeness (QED) is 0.866. The van der Waals surface area contributed by atoms with Gasteiger partial charge in [-0.05, 0) is 29.5 Å². The minimum Gasteiger partial charge on any atom is -0.497 e. The summed E-state index contributed by atoms with van der Waals surface area (Å²) in [6.07, 6.45) is 0.452. The molecule has 2 atom stereocenters. The highest BCUT2D eigenvalue weighted by atomic mass is 35.5. The zero-order valence-electron chi connectivity index (χ0n) is 10.9. The molecule has 1 aromatic carbocycles. The van der Waals surface area contributed by atoms with E-state index >= 15 is 0 Å². The molecule has 2 N–H and O–H groups in total. The molecule has 1 aromatic rings. The van der Waals surface area contributed by atoms with Crippen molar-refractivity contribution in [1.82, 2.24) is 10.6 Å². The van der Waals surface area contributed by atoms with Crippen LogP contribution in [0.25, 0.3) is 0 Å². The van der Waals surface area contributed by atoms with Crippen LogP contribution in [0, 0.1) is 11.8 Å². The fourth-order valence-corrected chi connectivity index (χ4v) is 2.80. The Labute approximate surface area is 119 Å². The third kappa shape index (κ3) is 3.01. The van der Waals surface area contributed by atoms with Crippen LogP contribution in [0.3, 0.4) is 0 Å². The van der Waals surface area contributed by atoms with Crippen LogP contribution >= 0.6 is 12.4 Å². The van der Waals surface area contributed by atoms with Crippen molar-refractivity contribution in [2.24, 2.45) is 11.8 Å². The molecule has 5 heteroatoms. The highest BCUT2D eigenvalue weighted by molar-refractivity contribution is 5.85. The van der Waals surface area contributed by atoms with E-state index < -0.39 is 0 Å². The molecule has 0 bridgehead atoms. The van der Waals surface area contributed by atoms with Crippen molar-refractivity contribution in [3.05, 3.63) is 29.8 Å². The summed E-state index contributed by atoms with van der Waals surface area (Å²) in [5.41, 5.74) is 1.03. The van der Waals surface area contributed by atoms with Gasteiger partial charge in [0.2, 0.25) is 5.91 Å². The number of hydrogen-bond donors (Lipinski definition) is 2. The van der Waals surface area contributed by atoms with E-state index in [4.69, 9.17) is 4.74 Å². The van der Waals surface area contributed by atoms with Gasteiger partial charge in [0.25, 0.3) is 0 Å². The molecular weight excluding hydrogens is 264 g/mol. The molecule has 0 aromatic heterocycles. The van der Waals surface area contributed by atoms with E-state index in [2.05, 4.69) is 10.6 Å². The van der Waals surface area contributed by atoms with Gasteiger partial charge in [0, 0.05) is 19.1 Å². The number of halogens is 1. The number of hydrogen-bond acceptors (Lipinski definition) is 3. The van der Waals surface area contributed by atoms with Crippen molar-refractivity contribution >= 4 is 18.3 Å². The number of rotatable bonds is 4. The number of piperidine rings is 1. The van der Waals surface area contributed by atoms with Crippen LogP contribution in [0.2, 0.25) is 0 Å². The Kier molecular flexibility index (Phi) is 4.32. The lowest BCUT2D eigenvalue weighted by Gasteiger charge is -2.08. The molecule has 4 nitrogen and oxygen atoms in total. The first-order chi connectivity index (χ1) is 8.78. The SMILES string of the molecule is COc1ccc(CC(=O)NC2C3CNCC32)cc1.Cl. The Morgan fingerprint density at radius 2 is 1.95 bits per heavy atom. The Morgan fingerprint density at radius 3 is 2.53 bits per heavy atom. The van der Waals surface area contributed by atoms with Gasteiger partial charge < -0.3 is 15.4 Å². The summed E-state index contributed by atoms with van der Waals surface area (Å²) in [5.74, 6) is 2.29. The van der Waals surface area contributed by atoms with Gasteiger partial charge in [-0.25, -0.2) is 0 Å². The summed E-state index contributed by atoms with van der Waals surface area (Å²) in [6, 6.07) is 8.06. The number of fused-ring (bicyclic) bond motifs is 1. The van der Waals surface area contributed by atoms with Gasteiger partial charge in [0.1, 0.15) is 5.75 Å². The number of carbonyl (C=O) groups excluding carboxylic acids is 1. The molecule has 2 aliphatic rings. The number of nitrogens with one attached hydrogen (secondary N) is 2. The predicted molar refractivity (Wildman–Crippen MR) is 75.7 cm³/mol. The second-order valence-corrected chi connectivity index (χ2v) is 5.10. The van der Waals surface area contributed by atoms with Crippen molar-refractivity contribution in [2.75, 3.05) is 20.2 Å². The molecule has 0 spiro atoms. The van der Waals surface area contributed by atoms with E-state index in [1.807, 2.05) is 24.3 Å². The monoisotopic (exact) mass is 282 g/mol. The van der Waals surface area contributed by atoms with E-state index in [-0.39, 0.29) is 18.3 Å². The van der Waals surface area contributed by atoms with Gasteiger partial charge >= 0.3 is 0 Å². The van der Waals surface area contributed by atoms with Crippen LogP contribution in [0.5, 0.6) is 5.75 Å². The maximum Gasteiger partial charge on any atom is 0.224 e. The fraction of sp³-hybridized carbons (Fsp3) is 0.500. The first-order valence-corrected chi connectivity index (χ1v) is 6.41. The molecule has 1 heterocycles. The number of carbonyl (C=O) groups is 1. The van der Waals surface area contributed by atoms with Crippen molar-refractivity contribution in [2.45, 2.75) is 12.5 Å². The molecule has 1 aliphatic heterocycles. The summed E-state index contributed by atoms with van der Waals surface area (Å²) >= 11 is 0. The molecule has 2 fully saturated rings. The van der Waals surface area contributed by atoms with Gasteiger partial charge in [0.15, 0.2) is 0 Å². The Balaban J connectivity index is 0.00000133. The number of methoxy groups -OCH3 is 1. The summed E-state index contributed by atoms with van der Waals surface area (Å²) < 4.78 is 5.09. The standard InChI is InChI=1S/C14H18N2O2.ClH/c1-18-10-4-2-9(3-5-10)6-13(17)16-14-11-7-15-8-12(11)14;/h2-5,11-12,14-15H,6-8H2,1H3,(H,16,17);1H. The lowest BCUT2D eigenvalue weighted by molar-refractivity contribution is -0.120. The molecule has 2 unspecified atom stereocenters. The predicted octanol–water partition coefficient (Wildman–Crippen LogP) is 0.994. The molecule has 1 saturated carbocycles. The fourth-order valence-electron chi connectivity index (χ4n) is 2.80. The maximum atomic E-state index is 11.9. The average molecular weight is 283 g/mol. The van der Waals surface area contributed by atoms with Crippen LogP contribution < -0.4 is 15.4 Å². The van der Waals surface area contributed by atoms with E-state index in [1.165, 1.54) is 0 Å². The Morgan fingerprint density at radius 1 is 1.32 bits per heavy atom. The number of ether oxygens (including phenoxy) is 1. The first kappa shape index (κ1) is 14.2. The molecule has 0 radical (unpaired) electrons. The molecule has 3 rings (SSSR count). The smallest absolute Gasteiger partial charge is 0.224 e. The Bertz CT molecular complexity index is 439. The normalized spacial score (nSPS) is 27.1. The van der Waals surface area contributed by atoms with E-state index in [1.54, 1.807) is 7.11 Å². The van der Waals surface area contributed by atoms with Crippen LogP contribution in [0.1, 0.15) is 5.56 Å². The minimum absolute atomic E-state index is 0. The maximum absolute atomic E-state index is 11.9. The van der Waals surface area contributed by atoms with Crippen molar-refractivity contribution < 1.29 is 9.53 Å². The topological polar surface area (TPSA) is 50.4 Å². The molecule has 19 heavy (non-hydrogen) atoms. The van der Waals surface area contributed by atoms with Gasteiger partial charge in [-0.1, -0.05) is 12.1 Å². The van der Waals surface area contributed by atoms with Gasteiger partial charge in [-0.2, -0.15) is 0 Å². The number of amides is 1. The minimum atomic E-state index is 0. The van der Waals surface area contributed by atoms with E-state index in [9.17, 15) is 4.79 Å². The summed E-state index contributed by atoms with van der Waals surface area (Å²) in [7, 11) is 1.64. The van der Waals surface area contributed by atoms with Crippen LogP contribution in [-0.2, 0) is 11.2 Å². The van der Waals surface area contributed by atoms with E-state index in [0.29, 0.717) is 24.3 Å². The zero-order chi connectivity index (χ0) is 12.5. The molecule has 1 saturated heterocycles. The van der Waals surface area contributed by atoms with Crippen molar-refractivity contribution in [3.63, 3.8) is 0 Å². The molecule has 1 aliphatic carbocycles. The lowest BCUT2D eigenvalue weighted by Crippen LogP contribution is -2.33. The summed E-state index contributed by atoms with van der Waals surface area (Å²) in [5, 5.41) is 6.44. The number of benzene rings is 1. The van der Waals surface area contributed by atoms with Crippen molar-refractivity contribution in [3.8, 4) is 5.75 Å². The molecule has 1 amide bonds. The highest BCUT2D eigenvalue weighted by Crippen LogP contribution is 2.41. The van der Waals surface area contributed by atoms with Crippen LogP contribution in [0.15, 0.2) is 24.3 Å². The largest absolute Gasteiger partial charge is 0.497 e.